The number of nitrogens with zero attached hydrogens (tertiary/aromatic N) is 3. The molecule has 0 saturated carbocycles. The number of anilines is 2. The van der Waals surface area contributed by atoms with Crippen molar-refractivity contribution in [2.45, 2.75) is 32.7 Å². The average molecular weight is 555 g/mol. The third-order valence-electron chi connectivity index (χ3n) is 6.97. The summed E-state index contributed by atoms with van der Waals surface area (Å²) in [5, 5.41) is 4.89. The van der Waals surface area contributed by atoms with Crippen molar-refractivity contribution in [2.75, 3.05) is 16.8 Å². The molecule has 0 saturated heterocycles. The molecule has 4 heterocycles. The maximum Gasteiger partial charge on any atom is 0.272 e. The van der Waals surface area contributed by atoms with E-state index in [4.69, 9.17) is 4.99 Å². The number of hydrogen-bond acceptors (Lipinski definition) is 6. The largest absolute Gasteiger partial charge is 0.322 e. The van der Waals surface area contributed by atoms with Gasteiger partial charge < -0.3 is 10.2 Å². The number of rotatable bonds is 6. The summed E-state index contributed by atoms with van der Waals surface area (Å²) >= 11 is 2.69. The van der Waals surface area contributed by atoms with Gasteiger partial charge in [0.2, 0.25) is 0 Å². The molecule has 9 heteroatoms. The number of para-hydroxylation sites is 2. The number of benzene rings is 2. The van der Waals surface area contributed by atoms with Crippen LogP contribution in [0.4, 0.5) is 11.4 Å². The van der Waals surface area contributed by atoms with Crippen molar-refractivity contribution < 1.29 is 9.59 Å². The van der Waals surface area contributed by atoms with Gasteiger partial charge in [0.1, 0.15) is 10.6 Å². The molecular weight excluding hydrogens is 528 g/mol. The van der Waals surface area contributed by atoms with Crippen molar-refractivity contribution in [3.8, 4) is 0 Å². The normalized spacial score (nSPS) is 17.6. The molecule has 0 fully saturated rings. The molecule has 1 N–H and O–H groups in total. The first-order valence-corrected chi connectivity index (χ1v) is 14.6. The van der Waals surface area contributed by atoms with Gasteiger partial charge in [0, 0.05) is 22.7 Å². The molecule has 7 nitrogen and oxygen atoms in total. The number of carbonyl (C=O) groups excluding carboxylic acids is 2. The summed E-state index contributed by atoms with van der Waals surface area (Å²) in [6.07, 6.45) is 1.82. The molecule has 2 aliphatic rings. The van der Waals surface area contributed by atoms with Crippen LogP contribution in [0.25, 0.3) is 5.57 Å². The fourth-order valence-corrected chi connectivity index (χ4v) is 7.10. The Balaban J connectivity index is 1.54. The van der Waals surface area contributed by atoms with Crippen molar-refractivity contribution in [3.05, 3.63) is 114 Å². The van der Waals surface area contributed by atoms with Crippen molar-refractivity contribution in [1.82, 2.24) is 4.57 Å². The van der Waals surface area contributed by atoms with E-state index in [1.54, 1.807) is 16.4 Å². The van der Waals surface area contributed by atoms with Crippen LogP contribution in [0.15, 0.2) is 93.2 Å². The van der Waals surface area contributed by atoms with Crippen LogP contribution in [0.2, 0.25) is 0 Å². The molecule has 2 aromatic carbocycles. The topological polar surface area (TPSA) is 83.8 Å². The van der Waals surface area contributed by atoms with Crippen LogP contribution >= 0.6 is 22.7 Å². The molecule has 2 aromatic heterocycles. The van der Waals surface area contributed by atoms with E-state index >= 15 is 0 Å². The van der Waals surface area contributed by atoms with Crippen LogP contribution in [-0.2, 0) is 9.59 Å². The summed E-state index contributed by atoms with van der Waals surface area (Å²) in [4.78, 5) is 49.4. The van der Waals surface area contributed by atoms with E-state index in [9.17, 15) is 14.4 Å². The van der Waals surface area contributed by atoms with Crippen molar-refractivity contribution in [3.63, 3.8) is 0 Å². The number of allylic oxidation sites excluding steroid dienone is 1. The van der Waals surface area contributed by atoms with Gasteiger partial charge in [0.05, 0.1) is 22.5 Å². The van der Waals surface area contributed by atoms with Gasteiger partial charge >= 0.3 is 0 Å². The summed E-state index contributed by atoms with van der Waals surface area (Å²) < 4.78 is 1.93. The first-order chi connectivity index (χ1) is 19.0. The number of aromatic nitrogens is 1. The van der Waals surface area contributed by atoms with Gasteiger partial charge in [-0.05, 0) is 43.0 Å². The van der Waals surface area contributed by atoms with Gasteiger partial charge in [0.25, 0.3) is 17.4 Å². The van der Waals surface area contributed by atoms with E-state index < -0.39 is 6.04 Å². The highest BCUT2D eigenvalue weighted by molar-refractivity contribution is 7.10. The van der Waals surface area contributed by atoms with Crippen molar-refractivity contribution in [2.24, 2.45) is 4.99 Å². The molecule has 2 amide bonds. The lowest BCUT2D eigenvalue weighted by Gasteiger charge is -2.24. The zero-order chi connectivity index (χ0) is 27.1. The fourth-order valence-electron chi connectivity index (χ4n) is 5.14. The second kappa shape index (κ2) is 10.2. The van der Waals surface area contributed by atoms with Crippen LogP contribution in [0.1, 0.15) is 43.2 Å². The van der Waals surface area contributed by atoms with Crippen LogP contribution in [0, 0.1) is 0 Å². The van der Waals surface area contributed by atoms with Crippen LogP contribution < -0.4 is 25.1 Å². The number of thiazole rings is 1. The molecule has 196 valence electrons. The highest BCUT2D eigenvalue weighted by atomic mass is 32.1. The van der Waals surface area contributed by atoms with E-state index in [1.807, 2.05) is 72.1 Å². The number of hydrogen-bond donors (Lipinski definition) is 1. The molecule has 2 aliphatic heterocycles. The lowest BCUT2D eigenvalue weighted by molar-refractivity contribution is -0.114. The summed E-state index contributed by atoms with van der Waals surface area (Å²) in [5.41, 5.74) is 3.29. The van der Waals surface area contributed by atoms with E-state index in [0.717, 1.165) is 29.0 Å². The molecule has 6 rings (SSSR count). The Labute approximate surface area is 233 Å². The first-order valence-electron chi connectivity index (χ1n) is 12.9. The zero-order valence-electron chi connectivity index (χ0n) is 21.5. The summed E-state index contributed by atoms with van der Waals surface area (Å²) in [7, 11) is 0. The Morgan fingerprint density at radius 3 is 2.54 bits per heavy atom. The Morgan fingerprint density at radius 2 is 1.79 bits per heavy atom. The molecule has 0 aliphatic carbocycles. The van der Waals surface area contributed by atoms with Crippen molar-refractivity contribution >= 4 is 51.4 Å². The smallest absolute Gasteiger partial charge is 0.272 e. The van der Waals surface area contributed by atoms with E-state index in [1.165, 1.54) is 22.7 Å². The van der Waals surface area contributed by atoms with Gasteiger partial charge in [-0.2, -0.15) is 0 Å². The standard InChI is InChI=1S/C30H26N4O3S2/c1-3-4-16-33-21-14-9-8-13-20(21)24(28(33)36)26-29(37)34-25(22-15-10-17-38-22)23(18(2)31-30(34)39-26)27(35)32-19-11-6-5-7-12-19/h5-15,17,25H,3-4,16H2,1-2H3,(H,32,35)/b26-24+/t25-/m1/s1. The van der Waals surface area contributed by atoms with E-state index in [-0.39, 0.29) is 17.4 Å². The molecule has 0 unspecified atom stereocenters. The molecule has 39 heavy (non-hydrogen) atoms. The third kappa shape index (κ3) is 4.27. The Bertz CT molecular complexity index is 1800. The lowest BCUT2D eigenvalue weighted by atomic mass is 10.0. The number of fused-ring (bicyclic) bond motifs is 2. The minimum Gasteiger partial charge on any atom is -0.322 e. The Morgan fingerprint density at radius 1 is 1.03 bits per heavy atom. The molecular formula is C30H26N4O3S2. The Kier molecular flexibility index (Phi) is 6.62. The minimum absolute atomic E-state index is 0.166. The SMILES string of the molecule is CCCCN1C(=O)/C(=c2/sc3n(c2=O)[C@H](c2cccs2)C(C(=O)Nc2ccccc2)=C(C)N=3)c2ccccc21. The number of nitrogens with one attached hydrogen (secondary N) is 1. The number of thiophene rings is 1. The van der Waals surface area contributed by atoms with Gasteiger partial charge in [-0.25, -0.2) is 4.99 Å². The van der Waals surface area contributed by atoms with E-state index in [2.05, 4.69) is 12.2 Å². The predicted molar refractivity (Wildman–Crippen MR) is 156 cm³/mol. The highest BCUT2D eigenvalue weighted by Crippen LogP contribution is 2.36. The summed E-state index contributed by atoms with van der Waals surface area (Å²) in [5.74, 6) is -0.479. The molecule has 1 atom stereocenters. The van der Waals surface area contributed by atoms with Gasteiger partial charge in [-0.3, -0.25) is 19.0 Å². The summed E-state index contributed by atoms with van der Waals surface area (Å²) in [6.45, 7) is 4.47. The van der Waals surface area contributed by atoms with E-state index in [0.29, 0.717) is 38.4 Å². The second-order valence-corrected chi connectivity index (χ2v) is 11.4. The number of unbranched alkanes of at least 4 members (excludes halogenated alkanes) is 1. The van der Waals surface area contributed by atoms with Gasteiger partial charge in [-0.15, -0.1) is 11.3 Å². The molecule has 4 aromatic rings. The summed E-state index contributed by atoms with van der Waals surface area (Å²) in [6, 6.07) is 20.0. The highest BCUT2D eigenvalue weighted by Gasteiger charge is 2.37. The minimum atomic E-state index is -0.651. The van der Waals surface area contributed by atoms with Crippen molar-refractivity contribution in [1.29, 1.82) is 0 Å². The molecule has 0 radical (unpaired) electrons. The fraction of sp³-hybridized carbons (Fsp3) is 0.200. The quantitative estimate of drug-likeness (QED) is 0.382. The van der Waals surface area contributed by atoms with Crippen LogP contribution in [0.3, 0.4) is 0 Å². The predicted octanol–water partition coefficient (Wildman–Crippen LogP) is 4.45. The number of amides is 2. The molecule has 0 bridgehead atoms. The monoisotopic (exact) mass is 554 g/mol. The maximum absolute atomic E-state index is 14.2. The van der Waals surface area contributed by atoms with Gasteiger partial charge in [-0.1, -0.05) is 67.1 Å². The number of carbonyl (C=O) groups is 2. The average Bonchev–Trinajstić information content (AvgIpc) is 3.64. The third-order valence-corrected chi connectivity index (χ3v) is 8.95. The Hall–Kier alpha value is -4.08. The first kappa shape index (κ1) is 25.2. The maximum atomic E-state index is 14.2. The zero-order valence-corrected chi connectivity index (χ0v) is 23.1. The lowest BCUT2D eigenvalue weighted by Crippen LogP contribution is -2.41. The molecule has 0 spiro atoms. The van der Waals surface area contributed by atoms with Gasteiger partial charge in [0.15, 0.2) is 4.80 Å². The van der Waals surface area contributed by atoms with Crippen LogP contribution in [-0.4, -0.2) is 22.9 Å². The second-order valence-electron chi connectivity index (χ2n) is 9.44. The van der Waals surface area contributed by atoms with Crippen LogP contribution in [0.5, 0.6) is 0 Å².